The Kier molecular flexibility index (Phi) is 9.08. The summed E-state index contributed by atoms with van der Waals surface area (Å²) in [4.78, 5) is 18.0. The van der Waals surface area contributed by atoms with Crippen LogP contribution < -0.4 is 10.6 Å². The van der Waals surface area contributed by atoms with Crippen LogP contribution in [0.3, 0.4) is 0 Å². The van der Waals surface area contributed by atoms with Crippen molar-refractivity contribution in [3.63, 3.8) is 0 Å². The maximum atomic E-state index is 13.5. The highest BCUT2D eigenvalue weighted by molar-refractivity contribution is 7.91. The molecule has 5 rings (SSSR count). The summed E-state index contributed by atoms with van der Waals surface area (Å²) >= 11 is 1.22. The summed E-state index contributed by atoms with van der Waals surface area (Å²) in [6, 6.07) is 6.21. The lowest BCUT2D eigenvalue weighted by atomic mass is 10.0. The molecule has 42 heavy (non-hydrogen) atoms. The molecule has 14 heteroatoms. The quantitative estimate of drug-likeness (QED) is 0.232. The first-order chi connectivity index (χ1) is 20.0. The molecule has 0 unspecified atom stereocenters. The molecule has 0 bridgehead atoms. The predicted octanol–water partition coefficient (Wildman–Crippen LogP) is 3.18. The van der Waals surface area contributed by atoms with Crippen LogP contribution in [0.1, 0.15) is 24.0 Å². The number of aryl methyl sites for hydroxylation is 3. The first kappa shape index (κ1) is 30.3. The molecule has 0 aliphatic carbocycles. The molecule has 226 valence electrons. The van der Waals surface area contributed by atoms with E-state index in [9.17, 15) is 8.42 Å². The standard InChI is InChI=1S/C28H40N10O2S2/c1-18(32-26-23-9-7-8-22(25(23)30-17-31-26)24-19(2)34-35-20(24)3)16-37-12-14-38(15-13-37)42(39,40)27-21(4)33-28(41-27)29-10-11-36(5)6/h7-9,17-18H,10-16H2,1-6H3,(H,29,33)(H,34,35)(H,30,31,32)/t18-/m0/s1. The van der Waals surface area contributed by atoms with Gasteiger partial charge in [-0.1, -0.05) is 23.5 Å². The Bertz CT molecular complexity index is 1620. The number of aromatic nitrogens is 5. The minimum absolute atomic E-state index is 0.0897. The van der Waals surface area contributed by atoms with Gasteiger partial charge in [-0.25, -0.2) is 23.4 Å². The van der Waals surface area contributed by atoms with Crippen LogP contribution in [0.2, 0.25) is 0 Å². The topological polar surface area (TPSA) is 135 Å². The lowest BCUT2D eigenvalue weighted by molar-refractivity contribution is 0.184. The molecule has 12 nitrogen and oxygen atoms in total. The Morgan fingerprint density at radius 3 is 2.55 bits per heavy atom. The fourth-order valence-electron chi connectivity index (χ4n) is 5.37. The molecular weight excluding hydrogens is 573 g/mol. The lowest BCUT2D eigenvalue weighted by Crippen LogP contribution is -2.50. The van der Waals surface area contributed by atoms with Gasteiger partial charge in [0.05, 0.1) is 16.9 Å². The summed E-state index contributed by atoms with van der Waals surface area (Å²) < 4.78 is 28.8. The van der Waals surface area contributed by atoms with Crippen molar-refractivity contribution in [1.29, 1.82) is 0 Å². The van der Waals surface area contributed by atoms with Crippen LogP contribution in [0.5, 0.6) is 0 Å². The van der Waals surface area contributed by atoms with Crippen LogP contribution >= 0.6 is 11.3 Å². The first-order valence-corrected chi connectivity index (χ1v) is 16.4. The molecule has 1 saturated heterocycles. The number of nitrogens with zero attached hydrogens (tertiary/aromatic N) is 7. The number of rotatable bonds is 11. The molecule has 0 radical (unpaired) electrons. The van der Waals surface area contributed by atoms with Gasteiger partial charge in [-0.15, -0.1) is 0 Å². The van der Waals surface area contributed by atoms with Crippen LogP contribution in [0.15, 0.2) is 28.7 Å². The second-order valence-electron chi connectivity index (χ2n) is 11.1. The van der Waals surface area contributed by atoms with Gasteiger partial charge >= 0.3 is 0 Å². The molecule has 1 aromatic carbocycles. The van der Waals surface area contributed by atoms with E-state index in [4.69, 9.17) is 0 Å². The number of anilines is 2. The van der Waals surface area contributed by atoms with Gasteiger partial charge in [0.1, 0.15) is 12.1 Å². The van der Waals surface area contributed by atoms with Gasteiger partial charge in [0.15, 0.2) is 9.34 Å². The van der Waals surface area contributed by atoms with Crippen molar-refractivity contribution in [2.75, 3.05) is 70.5 Å². The van der Waals surface area contributed by atoms with Gasteiger partial charge in [0.2, 0.25) is 0 Å². The van der Waals surface area contributed by atoms with E-state index in [-0.39, 0.29) is 6.04 Å². The number of sulfonamides is 1. The van der Waals surface area contributed by atoms with Crippen molar-refractivity contribution >= 4 is 43.2 Å². The third-order valence-corrected chi connectivity index (χ3v) is 11.1. The highest BCUT2D eigenvalue weighted by Gasteiger charge is 2.32. The molecule has 1 atom stereocenters. The maximum Gasteiger partial charge on any atom is 0.254 e. The molecule has 3 N–H and O–H groups in total. The van der Waals surface area contributed by atoms with E-state index >= 15 is 0 Å². The normalized spacial score (nSPS) is 15.9. The van der Waals surface area contributed by atoms with Gasteiger partial charge < -0.3 is 15.5 Å². The zero-order chi connectivity index (χ0) is 30.0. The molecule has 0 spiro atoms. The Morgan fingerprint density at radius 1 is 1.10 bits per heavy atom. The summed E-state index contributed by atoms with van der Waals surface area (Å²) in [7, 11) is 0.405. The molecular formula is C28H40N10O2S2. The SMILES string of the molecule is Cc1nc(NCCN(C)C)sc1S(=O)(=O)N1CCN(C[C@H](C)Nc2ncnc3c(-c4c(C)n[nH]c4C)cccc23)CC1. The van der Waals surface area contributed by atoms with Gasteiger partial charge in [0, 0.05) is 74.1 Å². The van der Waals surface area contributed by atoms with E-state index in [2.05, 4.69) is 58.6 Å². The summed E-state index contributed by atoms with van der Waals surface area (Å²) in [5, 5.41) is 15.8. The molecule has 1 aliphatic heterocycles. The number of thiazole rings is 1. The molecule has 1 fully saturated rings. The van der Waals surface area contributed by atoms with E-state index in [0.29, 0.717) is 47.8 Å². The fraction of sp³-hybridized carbons (Fsp3) is 0.500. The number of nitrogens with one attached hydrogen (secondary N) is 3. The summed E-state index contributed by atoms with van der Waals surface area (Å²) in [6.45, 7) is 12.4. The third kappa shape index (κ3) is 6.42. The van der Waals surface area contributed by atoms with Crippen LogP contribution in [-0.2, 0) is 10.0 Å². The number of hydrogen-bond donors (Lipinski definition) is 3. The Hall–Kier alpha value is -3.17. The second-order valence-corrected chi connectivity index (χ2v) is 14.2. The molecule has 0 amide bonds. The van der Waals surface area contributed by atoms with Crippen molar-refractivity contribution in [3.05, 3.63) is 41.6 Å². The zero-order valence-corrected chi connectivity index (χ0v) is 26.7. The minimum atomic E-state index is -3.59. The smallest absolute Gasteiger partial charge is 0.254 e. The average molecular weight is 613 g/mol. The predicted molar refractivity (Wildman–Crippen MR) is 169 cm³/mol. The van der Waals surface area contributed by atoms with E-state index in [0.717, 1.165) is 52.3 Å². The van der Waals surface area contributed by atoms with E-state index in [1.807, 2.05) is 40.1 Å². The number of H-pyrrole nitrogens is 1. The molecule has 0 saturated carbocycles. The third-order valence-electron chi connectivity index (χ3n) is 7.47. The Labute approximate surface area is 251 Å². The highest BCUT2D eigenvalue weighted by Crippen LogP contribution is 2.33. The lowest BCUT2D eigenvalue weighted by Gasteiger charge is -2.35. The molecule has 4 aromatic rings. The summed E-state index contributed by atoms with van der Waals surface area (Å²) in [5.41, 5.74) is 5.46. The minimum Gasteiger partial charge on any atom is -0.366 e. The van der Waals surface area contributed by atoms with E-state index in [1.54, 1.807) is 17.6 Å². The van der Waals surface area contributed by atoms with Gasteiger partial charge in [-0.2, -0.15) is 9.40 Å². The number of fused-ring (bicyclic) bond motifs is 1. The van der Waals surface area contributed by atoms with Crippen molar-refractivity contribution in [3.8, 4) is 11.1 Å². The monoisotopic (exact) mass is 612 g/mol. The van der Waals surface area contributed by atoms with Crippen LogP contribution in [0.25, 0.3) is 22.0 Å². The van der Waals surface area contributed by atoms with E-state index < -0.39 is 10.0 Å². The van der Waals surface area contributed by atoms with Crippen molar-refractivity contribution in [2.45, 2.75) is 37.9 Å². The van der Waals surface area contributed by atoms with Crippen molar-refractivity contribution in [2.24, 2.45) is 0 Å². The Balaban J connectivity index is 1.21. The van der Waals surface area contributed by atoms with Crippen molar-refractivity contribution in [1.82, 2.24) is 39.3 Å². The second kappa shape index (κ2) is 12.6. The summed E-state index contributed by atoms with van der Waals surface area (Å²) in [6.07, 6.45) is 1.60. The number of hydrogen-bond acceptors (Lipinski definition) is 11. The van der Waals surface area contributed by atoms with Crippen LogP contribution in [-0.4, -0.2) is 114 Å². The first-order valence-electron chi connectivity index (χ1n) is 14.1. The van der Waals surface area contributed by atoms with Crippen molar-refractivity contribution < 1.29 is 8.42 Å². The van der Waals surface area contributed by atoms with Crippen LogP contribution in [0.4, 0.5) is 10.9 Å². The summed E-state index contributed by atoms with van der Waals surface area (Å²) in [5.74, 6) is 0.782. The van der Waals surface area contributed by atoms with Gasteiger partial charge in [0.25, 0.3) is 10.0 Å². The van der Waals surface area contributed by atoms with Gasteiger partial charge in [-0.05, 0) is 47.9 Å². The number of aromatic amines is 1. The maximum absolute atomic E-state index is 13.5. The highest BCUT2D eigenvalue weighted by atomic mass is 32.2. The van der Waals surface area contributed by atoms with Gasteiger partial charge in [-0.3, -0.25) is 10.00 Å². The number of benzene rings is 1. The number of para-hydroxylation sites is 1. The van der Waals surface area contributed by atoms with Crippen LogP contribution in [0, 0.1) is 20.8 Å². The van der Waals surface area contributed by atoms with E-state index in [1.165, 1.54) is 11.3 Å². The largest absolute Gasteiger partial charge is 0.366 e. The molecule has 1 aliphatic rings. The number of likely N-dealkylation sites (N-methyl/N-ethyl adjacent to an activating group) is 1. The fourth-order valence-corrected chi connectivity index (χ4v) is 8.37. The number of piperazine rings is 1. The zero-order valence-electron chi connectivity index (χ0n) is 25.1. The molecule has 4 heterocycles. The average Bonchev–Trinajstić information content (AvgIpc) is 3.49. The molecule has 3 aromatic heterocycles. The Morgan fingerprint density at radius 2 is 1.86 bits per heavy atom.